The summed E-state index contributed by atoms with van der Waals surface area (Å²) < 4.78 is 0. The number of aromatic nitrogens is 2. The molecule has 0 fully saturated rings. The van der Waals surface area contributed by atoms with Gasteiger partial charge < -0.3 is 4.98 Å². The van der Waals surface area contributed by atoms with E-state index in [9.17, 15) is 4.79 Å². The predicted octanol–water partition coefficient (Wildman–Crippen LogP) is 2.70. The van der Waals surface area contributed by atoms with Crippen LogP contribution in [0.25, 0.3) is 11.3 Å². The molecule has 0 radical (unpaired) electrons. The Morgan fingerprint density at radius 3 is 2.82 bits per heavy atom. The molecular formula is C14H16N2O. The van der Waals surface area contributed by atoms with Gasteiger partial charge in [-0.1, -0.05) is 30.7 Å². The number of aromatic amines is 1. The van der Waals surface area contributed by atoms with Crippen LogP contribution < -0.4 is 5.56 Å². The van der Waals surface area contributed by atoms with Crippen LogP contribution in [0, 0.1) is 6.92 Å². The molecule has 1 N–H and O–H groups in total. The van der Waals surface area contributed by atoms with Gasteiger partial charge in [-0.3, -0.25) is 4.79 Å². The molecule has 0 saturated carbocycles. The van der Waals surface area contributed by atoms with E-state index < -0.39 is 0 Å². The van der Waals surface area contributed by atoms with E-state index in [-0.39, 0.29) is 5.56 Å². The molecule has 1 aromatic carbocycles. The van der Waals surface area contributed by atoms with Crippen molar-refractivity contribution in [1.29, 1.82) is 0 Å². The van der Waals surface area contributed by atoms with Gasteiger partial charge in [-0.05, 0) is 19.4 Å². The monoisotopic (exact) mass is 228 g/mol. The summed E-state index contributed by atoms with van der Waals surface area (Å²) in [6, 6.07) is 9.58. The third kappa shape index (κ3) is 2.81. The average Bonchev–Trinajstić information content (AvgIpc) is 2.28. The van der Waals surface area contributed by atoms with Crippen molar-refractivity contribution in [1.82, 2.24) is 9.97 Å². The molecule has 0 aliphatic carbocycles. The Morgan fingerprint density at radius 2 is 2.12 bits per heavy atom. The molecule has 0 aliphatic heterocycles. The molecule has 0 unspecified atom stereocenters. The van der Waals surface area contributed by atoms with E-state index in [2.05, 4.69) is 16.9 Å². The lowest BCUT2D eigenvalue weighted by molar-refractivity contribution is 0.827. The highest BCUT2D eigenvalue weighted by Gasteiger charge is 2.03. The van der Waals surface area contributed by atoms with Gasteiger partial charge in [0, 0.05) is 18.1 Å². The summed E-state index contributed by atoms with van der Waals surface area (Å²) in [5, 5.41) is 0. The summed E-state index contributed by atoms with van der Waals surface area (Å²) in [6.45, 7) is 4.10. The minimum absolute atomic E-state index is 0.0834. The minimum atomic E-state index is -0.0834. The molecule has 17 heavy (non-hydrogen) atoms. The first-order valence-electron chi connectivity index (χ1n) is 5.86. The number of benzene rings is 1. The number of hydrogen-bond donors (Lipinski definition) is 1. The van der Waals surface area contributed by atoms with Gasteiger partial charge in [0.15, 0.2) is 0 Å². The first-order chi connectivity index (χ1) is 8.19. The van der Waals surface area contributed by atoms with E-state index in [1.54, 1.807) is 6.07 Å². The summed E-state index contributed by atoms with van der Waals surface area (Å²) in [6.07, 6.45) is 1.77. The zero-order chi connectivity index (χ0) is 12.3. The van der Waals surface area contributed by atoms with Crippen LogP contribution in [0.2, 0.25) is 0 Å². The molecule has 2 rings (SSSR count). The van der Waals surface area contributed by atoms with Crippen LogP contribution in [-0.2, 0) is 6.42 Å². The second-order valence-corrected chi connectivity index (χ2v) is 4.20. The Balaban J connectivity index is 2.48. The van der Waals surface area contributed by atoms with Crippen LogP contribution in [0.3, 0.4) is 0 Å². The van der Waals surface area contributed by atoms with Gasteiger partial charge in [-0.15, -0.1) is 0 Å². The van der Waals surface area contributed by atoms with Crippen molar-refractivity contribution in [3.63, 3.8) is 0 Å². The van der Waals surface area contributed by atoms with Crippen LogP contribution in [0.1, 0.15) is 24.7 Å². The maximum absolute atomic E-state index is 11.5. The van der Waals surface area contributed by atoms with Crippen molar-refractivity contribution in [2.45, 2.75) is 26.7 Å². The van der Waals surface area contributed by atoms with E-state index in [0.29, 0.717) is 0 Å². The third-order valence-electron chi connectivity index (χ3n) is 2.59. The average molecular weight is 228 g/mol. The first-order valence-corrected chi connectivity index (χ1v) is 5.86. The molecule has 0 bridgehead atoms. The maximum atomic E-state index is 11.5. The lowest BCUT2D eigenvalue weighted by Gasteiger charge is -2.04. The number of nitrogens with one attached hydrogen (secondary N) is 1. The first kappa shape index (κ1) is 11.6. The quantitative estimate of drug-likeness (QED) is 0.877. The van der Waals surface area contributed by atoms with Crippen LogP contribution >= 0.6 is 0 Å². The molecule has 3 nitrogen and oxygen atoms in total. The van der Waals surface area contributed by atoms with Crippen LogP contribution in [0.4, 0.5) is 0 Å². The summed E-state index contributed by atoms with van der Waals surface area (Å²) in [5.74, 6) is 0.761. The number of nitrogens with zero attached hydrogens (tertiary/aromatic N) is 1. The SMILES string of the molecule is CCCc1nc(-c2cccc(C)c2)cc(=O)[nH]1. The Bertz CT molecular complexity index is 572. The summed E-state index contributed by atoms with van der Waals surface area (Å²) in [5.41, 5.74) is 2.83. The fourth-order valence-corrected chi connectivity index (χ4v) is 1.82. The number of hydrogen-bond acceptors (Lipinski definition) is 2. The number of H-pyrrole nitrogens is 1. The predicted molar refractivity (Wildman–Crippen MR) is 69.0 cm³/mol. The Morgan fingerprint density at radius 1 is 1.29 bits per heavy atom. The van der Waals surface area contributed by atoms with Crippen molar-refractivity contribution in [3.8, 4) is 11.3 Å². The third-order valence-corrected chi connectivity index (χ3v) is 2.59. The molecule has 2 aromatic rings. The van der Waals surface area contributed by atoms with Gasteiger partial charge in [0.2, 0.25) is 0 Å². The highest BCUT2D eigenvalue weighted by atomic mass is 16.1. The molecule has 0 atom stereocenters. The molecule has 1 heterocycles. The summed E-state index contributed by atoms with van der Waals surface area (Å²) in [4.78, 5) is 18.8. The normalized spacial score (nSPS) is 10.5. The van der Waals surface area contributed by atoms with E-state index >= 15 is 0 Å². The molecule has 88 valence electrons. The van der Waals surface area contributed by atoms with Crippen LogP contribution in [0.5, 0.6) is 0 Å². The van der Waals surface area contributed by atoms with Gasteiger partial charge in [0.1, 0.15) is 5.82 Å². The van der Waals surface area contributed by atoms with Crippen molar-refractivity contribution < 1.29 is 0 Å². The van der Waals surface area contributed by atoms with E-state index in [1.165, 1.54) is 5.56 Å². The van der Waals surface area contributed by atoms with Crippen LogP contribution in [0.15, 0.2) is 35.1 Å². The van der Waals surface area contributed by atoms with Crippen molar-refractivity contribution in [2.24, 2.45) is 0 Å². The largest absolute Gasteiger partial charge is 0.311 e. The molecule has 3 heteroatoms. The zero-order valence-electron chi connectivity index (χ0n) is 10.2. The van der Waals surface area contributed by atoms with E-state index in [1.807, 2.05) is 31.2 Å². The molecule has 1 aromatic heterocycles. The second kappa shape index (κ2) is 4.95. The van der Waals surface area contributed by atoms with Gasteiger partial charge >= 0.3 is 0 Å². The lowest BCUT2D eigenvalue weighted by atomic mass is 10.1. The highest BCUT2D eigenvalue weighted by Crippen LogP contribution is 2.16. The van der Waals surface area contributed by atoms with E-state index in [4.69, 9.17) is 0 Å². The zero-order valence-corrected chi connectivity index (χ0v) is 10.2. The molecule has 0 aliphatic rings. The number of aryl methyl sites for hydroxylation is 2. The summed E-state index contributed by atoms with van der Waals surface area (Å²) in [7, 11) is 0. The Kier molecular flexibility index (Phi) is 3.38. The molecule has 0 amide bonds. The lowest BCUT2D eigenvalue weighted by Crippen LogP contribution is -2.11. The minimum Gasteiger partial charge on any atom is -0.311 e. The fourth-order valence-electron chi connectivity index (χ4n) is 1.82. The molecule has 0 saturated heterocycles. The Labute approximate surface area is 101 Å². The fraction of sp³-hybridized carbons (Fsp3) is 0.286. The topological polar surface area (TPSA) is 45.8 Å². The number of rotatable bonds is 3. The van der Waals surface area contributed by atoms with Gasteiger partial charge in [-0.25, -0.2) is 4.98 Å². The smallest absolute Gasteiger partial charge is 0.251 e. The van der Waals surface area contributed by atoms with Crippen molar-refractivity contribution in [3.05, 3.63) is 52.1 Å². The van der Waals surface area contributed by atoms with Crippen molar-refractivity contribution in [2.75, 3.05) is 0 Å². The van der Waals surface area contributed by atoms with E-state index in [0.717, 1.165) is 29.9 Å². The van der Waals surface area contributed by atoms with Gasteiger partial charge in [0.25, 0.3) is 5.56 Å². The summed E-state index contributed by atoms with van der Waals surface area (Å²) >= 11 is 0. The highest BCUT2D eigenvalue weighted by molar-refractivity contribution is 5.59. The maximum Gasteiger partial charge on any atom is 0.251 e. The standard InChI is InChI=1S/C14H16N2O/c1-3-5-13-15-12(9-14(17)16-13)11-7-4-6-10(2)8-11/h4,6-9H,3,5H2,1-2H3,(H,15,16,17). The molecular weight excluding hydrogens is 212 g/mol. The second-order valence-electron chi connectivity index (χ2n) is 4.20. The molecule has 0 spiro atoms. The van der Waals surface area contributed by atoms with Crippen LogP contribution in [-0.4, -0.2) is 9.97 Å². The van der Waals surface area contributed by atoms with Crippen molar-refractivity contribution >= 4 is 0 Å². The van der Waals surface area contributed by atoms with Gasteiger partial charge in [0.05, 0.1) is 5.69 Å². The Hall–Kier alpha value is -1.90. The van der Waals surface area contributed by atoms with Gasteiger partial charge in [-0.2, -0.15) is 0 Å².